The van der Waals surface area contributed by atoms with Crippen molar-refractivity contribution in [2.24, 2.45) is 0 Å². The number of carbonyl (C=O) groups excluding carboxylic acids is 1. The Morgan fingerprint density at radius 1 is 1.33 bits per heavy atom. The molecule has 0 radical (unpaired) electrons. The second-order valence-corrected chi connectivity index (χ2v) is 4.66. The Balaban J connectivity index is 0.00000220. The van der Waals surface area contributed by atoms with Gasteiger partial charge in [0.05, 0.1) is 5.69 Å². The molecule has 2 N–H and O–H groups in total. The van der Waals surface area contributed by atoms with Crippen LogP contribution in [0.1, 0.15) is 25.3 Å². The van der Waals surface area contributed by atoms with E-state index < -0.39 is 0 Å². The Bertz CT molecular complexity index is 629. The van der Waals surface area contributed by atoms with Crippen molar-refractivity contribution >= 4 is 24.1 Å². The Morgan fingerprint density at radius 2 is 2.10 bits per heavy atom. The summed E-state index contributed by atoms with van der Waals surface area (Å²) in [5, 5.41) is 0. The van der Waals surface area contributed by atoms with E-state index >= 15 is 0 Å². The lowest BCUT2D eigenvalue weighted by atomic mass is 10.1. The molecule has 0 unspecified atom stereocenters. The quantitative estimate of drug-likeness (QED) is 0.873. The number of ether oxygens (including phenoxy) is 1. The predicted molar refractivity (Wildman–Crippen MR) is 86.6 cm³/mol. The number of pyridine rings is 1. The normalized spacial score (nSPS) is 9.81. The van der Waals surface area contributed by atoms with Gasteiger partial charge < -0.3 is 10.5 Å². The van der Waals surface area contributed by atoms with Crippen LogP contribution >= 0.6 is 12.4 Å². The van der Waals surface area contributed by atoms with Gasteiger partial charge in [0.2, 0.25) is 0 Å². The van der Waals surface area contributed by atoms with E-state index in [1.807, 2.05) is 38.1 Å². The fourth-order valence-corrected chi connectivity index (χ4v) is 1.94. The number of benzene rings is 1. The molecule has 0 saturated heterocycles. The van der Waals surface area contributed by atoms with Crippen LogP contribution in [0.15, 0.2) is 36.5 Å². The number of nitrogen functional groups attached to an aromatic ring is 1. The van der Waals surface area contributed by atoms with E-state index in [0.717, 1.165) is 17.5 Å². The average molecular weight is 307 g/mol. The van der Waals surface area contributed by atoms with Crippen molar-refractivity contribution in [3.8, 4) is 17.0 Å². The molecule has 0 aliphatic rings. The van der Waals surface area contributed by atoms with Crippen LogP contribution in [0.2, 0.25) is 0 Å². The lowest BCUT2D eigenvalue weighted by molar-refractivity contribution is -0.134. The van der Waals surface area contributed by atoms with Crippen molar-refractivity contribution in [3.05, 3.63) is 42.1 Å². The van der Waals surface area contributed by atoms with Gasteiger partial charge in [-0.05, 0) is 19.4 Å². The molecule has 1 aromatic carbocycles. The molecule has 0 fully saturated rings. The summed E-state index contributed by atoms with van der Waals surface area (Å²) in [6.45, 7) is 3.93. The first-order chi connectivity index (χ1) is 9.61. The van der Waals surface area contributed by atoms with Gasteiger partial charge in [-0.1, -0.05) is 30.7 Å². The molecule has 21 heavy (non-hydrogen) atoms. The lowest BCUT2D eigenvalue weighted by Crippen LogP contribution is -2.09. The Hall–Kier alpha value is -2.07. The first-order valence-electron chi connectivity index (χ1n) is 6.64. The van der Waals surface area contributed by atoms with Crippen molar-refractivity contribution < 1.29 is 9.53 Å². The van der Waals surface area contributed by atoms with Gasteiger partial charge in [-0.15, -0.1) is 12.4 Å². The minimum atomic E-state index is -0.277. The summed E-state index contributed by atoms with van der Waals surface area (Å²) in [6.07, 6.45) is 2.72. The van der Waals surface area contributed by atoms with E-state index in [2.05, 4.69) is 4.98 Å². The number of rotatable bonds is 4. The maximum atomic E-state index is 11.6. The van der Waals surface area contributed by atoms with Crippen LogP contribution < -0.4 is 10.5 Å². The number of halogens is 1. The van der Waals surface area contributed by atoms with Gasteiger partial charge >= 0.3 is 5.97 Å². The van der Waals surface area contributed by atoms with Crippen molar-refractivity contribution in [2.45, 2.75) is 26.7 Å². The molecule has 0 aliphatic carbocycles. The maximum absolute atomic E-state index is 11.6. The number of anilines is 1. The van der Waals surface area contributed by atoms with Crippen LogP contribution in [0.3, 0.4) is 0 Å². The van der Waals surface area contributed by atoms with Crippen molar-refractivity contribution in [1.82, 2.24) is 4.98 Å². The highest BCUT2D eigenvalue weighted by Gasteiger charge is 2.12. The van der Waals surface area contributed by atoms with Crippen LogP contribution in [0.25, 0.3) is 11.3 Å². The van der Waals surface area contributed by atoms with Crippen LogP contribution in [0, 0.1) is 6.92 Å². The number of hydrogen-bond donors (Lipinski definition) is 1. The SMILES string of the molecule is CCCC(=O)Oc1ccnc(-c2cccc(C)c2)c1N.Cl. The molecule has 1 heterocycles. The summed E-state index contributed by atoms with van der Waals surface area (Å²) in [7, 11) is 0. The van der Waals surface area contributed by atoms with Gasteiger partial charge in [0.1, 0.15) is 5.69 Å². The summed E-state index contributed by atoms with van der Waals surface area (Å²) < 4.78 is 5.27. The molecule has 4 nitrogen and oxygen atoms in total. The summed E-state index contributed by atoms with van der Waals surface area (Å²) in [5.41, 5.74) is 9.13. The Kier molecular flexibility index (Phi) is 6.18. The smallest absolute Gasteiger partial charge is 0.311 e. The number of hydrogen-bond acceptors (Lipinski definition) is 4. The number of esters is 1. The van der Waals surface area contributed by atoms with Crippen molar-refractivity contribution in [1.29, 1.82) is 0 Å². The topological polar surface area (TPSA) is 65.2 Å². The molecule has 0 aliphatic heterocycles. The summed E-state index contributed by atoms with van der Waals surface area (Å²) in [4.78, 5) is 15.9. The first-order valence-corrected chi connectivity index (χ1v) is 6.64. The van der Waals surface area contributed by atoms with Crippen LogP contribution in [0.4, 0.5) is 5.69 Å². The fraction of sp³-hybridized carbons (Fsp3) is 0.250. The number of nitrogens with two attached hydrogens (primary N) is 1. The van der Waals surface area contributed by atoms with Crippen LogP contribution in [-0.2, 0) is 4.79 Å². The molecule has 0 bridgehead atoms. The van der Waals surface area contributed by atoms with Gasteiger partial charge in [-0.2, -0.15) is 0 Å². The van der Waals surface area contributed by atoms with E-state index in [-0.39, 0.29) is 18.4 Å². The first kappa shape index (κ1) is 17.0. The summed E-state index contributed by atoms with van der Waals surface area (Å²) in [6, 6.07) is 9.49. The third kappa shape index (κ3) is 4.20. The standard InChI is InChI=1S/C16H18N2O2.ClH/c1-3-5-14(19)20-13-8-9-18-16(15(13)17)12-7-4-6-11(2)10-12;/h4,6-10H,3,5,17H2,1-2H3;1H. The molecule has 2 rings (SSSR count). The van der Waals surface area contributed by atoms with Gasteiger partial charge in [0, 0.05) is 24.2 Å². The predicted octanol–water partition coefficient (Wildman–Crippen LogP) is 3.77. The van der Waals surface area contributed by atoms with Crippen LogP contribution in [-0.4, -0.2) is 11.0 Å². The lowest BCUT2D eigenvalue weighted by Gasteiger charge is -2.10. The minimum absolute atomic E-state index is 0. The highest BCUT2D eigenvalue weighted by molar-refractivity contribution is 5.85. The highest BCUT2D eigenvalue weighted by atomic mass is 35.5. The zero-order valence-electron chi connectivity index (χ0n) is 12.1. The summed E-state index contributed by atoms with van der Waals surface area (Å²) in [5.74, 6) is 0.0931. The largest absolute Gasteiger partial charge is 0.424 e. The third-order valence-corrected chi connectivity index (χ3v) is 2.92. The minimum Gasteiger partial charge on any atom is -0.424 e. The fourth-order valence-electron chi connectivity index (χ4n) is 1.94. The molecule has 0 spiro atoms. The summed E-state index contributed by atoms with van der Waals surface area (Å²) >= 11 is 0. The average Bonchev–Trinajstić information content (AvgIpc) is 2.41. The van der Waals surface area contributed by atoms with E-state index in [4.69, 9.17) is 10.5 Å². The van der Waals surface area contributed by atoms with Gasteiger partial charge in [0.25, 0.3) is 0 Å². The third-order valence-electron chi connectivity index (χ3n) is 2.92. The van der Waals surface area contributed by atoms with E-state index in [1.54, 1.807) is 12.3 Å². The van der Waals surface area contributed by atoms with Crippen molar-refractivity contribution in [2.75, 3.05) is 5.73 Å². The van der Waals surface area contributed by atoms with Gasteiger partial charge in [-0.25, -0.2) is 0 Å². The molecule has 5 heteroatoms. The van der Waals surface area contributed by atoms with Crippen LogP contribution in [0.5, 0.6) is 5.75 Å². The molecule has 2 aromatic rings. The van der Waals surface area contributed by atoms with Crippen molar-refractivity contribution in [3.63, 3.8) is 0 Å². The molecular formula is C16H19ClN2O2. The molecule has 0 saturated carbocycles. The second-order valence-electron chi connectivity index (χ2n) is 4.66. The second kappa shape index (κ2) is 7.64. The maximum Gasteiger partial charge on any atom is 0.311 e. The zero-order chi connectivity index (χ0) is 14.5. The molecule has 0 atom stereocenters. The van der Waals surface area contributed by atoms with E-state index in [0.29, 0.717) is 23.6 Å². The number of aromatic nitrogens is 1. The number of nitrogens with zero attached hydrogens (tertiary/aromatic N) is 1. The molecule has 112 valence electrons. The number of carbonyl (C=O) groups is 1. The van der Waals surface area contributed by atoms with E-state index in [1.165, 1.54) is 0 Å². The molecule has 1 aromatic heterocycles. The van der Waals surface area contributed by atoms with E-state index in [9.17, 15) is 4.79 Å². The molecular weight excluding hydrogens is 288 g/mol. The Morgan fingerprint density at radius 3 is 2.76 bits per heavy atom. The zero-order valence-corrected chi connectivity index (χ0v) is 12.9. The highest BCUT2D eigenvalue weighted by Crippen LogP contribution is 2.31. The Labute approximate surface area is 130 Å². The molecule has 0 amide bonds. The monoisotopic (exact) mass is 306 g/mol. The number of aryl methyl sites for hydroxylation is 1. The van der Waals surface area contributed by atoms with Gasteiger partial charge in [0.15, 0.2) is 5.75 Å². The van der Waals surface area contributed by atoms with Gasteiger partial charge in [-0.3, -0.25) is 9.78 Å².